The van der Waals surface area contributed by atoms with E-state index < -0.39 is 0 Å². The molecule has 4 rings (SSSR count). The van der Waals surface area contributed by atoms with Gasteiger partial charge in [-0.2, -0.15) is 0 Å². The molecule has 4 nitrogen and oxygen atoms in total. The van der Waals surface area contributed by atoms with Crippen molar-refractivity contribution < 1.29 is 4.74 Å². The maximum Gasteiger partial charge on any atom is 0.192 e. The SMILES string of the molecule is COc1ccc(-c2nnc(SC(c3ccccc3)c3ccccc3)n2C)cc1. The average molecular weight is 388 g/mol. The molecule has 0 unspecified atom stereocenters. The minimum Gasteiger partial charge on any atom is -0.497 e. The zero-order valence-corrected chi connectivity index (χ0v) is 16.6. The minimum atomic E-state index is 0.147. The largest absolute Gasteiger partial charge is 0.497 e. The Balaban J connectivity index is 1.67. The van der Waals surface area contributed by atoms with Crippen LogP contribution in [0.3, 0.4) is 0 Å². The first-order valence-corrected chi connectivity index (χ1v) is 9.94. The second kappa shape index (κ2) is 8.31. The number of aromatic nitrogens is 3. The second-order valence-corrected chi connectivity index (χ2v) is 7.49. The molecule has 0 atom stereocenters. The van der Waals surface area contributed by atoms with Crippen LogP contribution in [0.4, 0.5) is 0 Å². The highest BCUT2D eigenvalue weighted by Gasteiger charge is 2.20. The van der Waals surface area contributed by atoms with E-state index in [-0.39, 0.29) is 5.25 Å². The van der Waals surface area contributed by atoms with Crippen molar-refractivity contribution in [2.75, 3.05) is 7.11 Å². The summed E-state index contributed by atoms with van der Waals surface area (Å²) in [6.45, 7) is 0. The molecule has 0 amide bonds. The van der Waals surface area contributed by atoms with Crippen molar-refractivity contribution in [1.82, 2.24) is 14.8 Å². The van der Waals surface area contributed by atoms with E-state index in [9.17, 15) is 0 Å². The predicted molar refractivity (Wildman–Crippen MR) is 114 cm³/mol. The Morgan fingerprint density at radius 3 is 1.89 bits per heavy atom. The van der Waals surface area contributed by atoms with E-state index in [1.807, 2.05) is 48.0 Å². The van der Waals surface area contributed by atoms with Gasteiger partial charge in [0.25, 0.3) is 0 Å². The van der Waals surface area contributed by atoms with Crippen LogP contribution in [0.1, 0.15) is 16.4 Å². The molecule has 0 fully saturated rings. The smallest absolute Gasteiger partial charge is 0.192 e. The van der Waals surface area contributed by atoms with Gasteiger partial charge in [0, 0.05) is 12.6 Å². The van der Waals surface area contributed by atoms with Gasteiger partial charge in [0.05, 0.1) is 12.4 Å². The molecule has 0 aliphatic rings. The van der Waals surface area contributed by atoms with Crippen LogP contribution in [-0.2, 0) is 7.05 Å². The number of thioether (sulfide) groups is 1. The van der Waals surface area contributed by atoms with Crippen molar-refractivity contribution in [1.29, 1.82) is 0 Å². The summed E-state index contributed by atoms with van der Waals surface area (Å²) in [4.78, 5) is 0. The fraction of sp³-hybridized carbons (Fsp3) is 0.130. The number of benzene rings is 3. The Labute approximate surface area is 169 Å². The Kier molecular flexibility index (Phi) is 5.44. The Morgan fingerprint density at radius 2 is 1.36 bits per heavy atom. The van der Waals surface area contributed by atoms with Crippen molar-refractivity contribution in [3.63, 3.8) is 0 Å². The number of methoxy groups -OCH3 is 1. The van der Waals surface area contributed by atoms with Gasteiger partial charge in [0.2, 0.25) is 0 Å². The standard InChI is InChI=1S/C23H21N3OS/c1-26-22(19-13-15-20(27-2)16-14-19)24-25-23(26)28-21(17-9-5-3-6-10-17)18-11-7-4-8-12-18/h3-16,21H,1-2H3. The first kappa shape index (κ1) is 18.3. The zero-order chi connectivity index (χ0) is 19.3. The lowest BCUT2D eigenvalue weighted by atomic mass is 10.0. The topological polar surface area (TPSA) is 39.9 Å². The molecular weight excluding hydrogens is 366 g/mol. The second-order valence-electron chi connectivity index (χ2n) is 6.41. The Morgan fingerprint density at radius 1 is 0.786 bits per heavy atom. The van der Waals surface area contributed by atoms with E-state index >= 15 is 0 Å². The minimum absolute atomic E-state index is 0.147. The van der Waals surface area contributed by atoms with E-state index in [0.29, 0.717) is 0 Å². The number of rotatable bonds is 6. The maximum atomic E-state index is 5.24. The lowest BCUT2D eigenvalue weighted by Crippen LogP contribution is -2.00. The summed E-state index contributed by atoms with van der Waals surface area (Å²) in [5.74, 6) is 1.67. The van der Waals surface area contributed by atoms with Gasteiger partial charge >= 0.3 is 0 Å². The van der Waals surface area contributed by atoms with E-state index in [1.54, 1.807) is 18.9 Å². The molecule has 0 saturated carbocycles. The number of ether oxygens (including phenoxy) is 1. The molecule has 0 bridgehead atoms. The zero-order valence-electron chi connectivity index (χ0n) is 15.8. The number of hydrogen-bond acceptors (Lipinski definition) is 4. The third-order valence-corrected chi connectivity index (χ3v) is 5.96. The van der Waals surface area contributed by atoms with Crippen molar-refractivity contribution in [2.45, 2.75) is 10.4 Å². The molecule has 140 valence electrons. The summed E-state index contributed by atoms with van der Waals surface area (Å²) in [5.41, 5.74) is 3.50. The third-order valence-electron chi connectivity index (χ3n) is 4.61. The van der Waals surface area contributed by atoms with Crippen LogP contribution in [0.2, 0.25) is 0 Å². The molecule has 0 radical (unpaired) electrons. The summed E-state index contributed by atoms with van der Waals surface area (Å²) in [7, 11) is 3.67. The molecule has 1 aromatic heterocycles. The molecule has 28 heavy (non-hydrogen) atoms. The van der Waals surface area contributed by atoms with Gasteiger partial charge in [-0.15, -0.1) is 10.2 Å². The molecule has 0 aliphatic carbocycles. The Hall–Kier alpha value is -3.05. The average Bonchev–Trinajstić information content (AvgIpc) is 3.13. The molecule has 1 heterocycles. The van der Waals surface area contributed by atoms with Crippen LogP contribution in [0.25, 0.3) is 11.4 Å². The molecule has 0 spiro atoms. The van der Waals surface area contributed by atoms with Crippen LogP contribution in [0.5, 0.6) is 5.75 Å². The molecule has 5 heteroatoms. The highest BCUT2D eigenvalue weighted by Crippen LogP contribution is 2.40. The molecule has 0 aliphatic heterocycles. The first-order chi connectivity index (χ1) is 13.8. The van der Waals surface area contributed by atoms with E-state index in [4.69, 9.17) is 4.74 Å². The van der Waals surface area contributed by atoms with Crippen molar-refractivity contribution in [3.8, 4) is 17.1 Å². The number of hydrogen-bond donors (Lipinski definition) is 0. The monoisotopic (exact) mass is 387 g/mol. The summed E-state index contributed by atoms with van der Waals surface area (Å²) in [6, 6.07) is 28.9. The molecule has 4 aromatic rings. The predicted octanol–water partition coefficient (Wildman–Crippen LogP) is 5.37. The molecular formula is C23H21N3OS. The summed E-state index contributed by atoms with van der Waals surface area (Å²) in [6.07, 6.45) is 0. The van der Waals surface area contributed by atoms with Crippen molar-refractivity contribution >= 4 is 11.8 Å². The van der Waals surface area contributed by atoms with Gasteiger partial charge in [0.15, 0.2) is 11.0 Å². The molecule has 3 aromatic carbocycles. The summed E-state index contributed by atoms with van der Waals surface area (Å²) >= 11 is 1.71. The van der Waals surface area contributed by atoms with Crippen LogP contribution in [-0.4, -0.2) is 21.9 Å². The van der Waals surface area contributed by atoms with E-state index in [2.05, 4.69) is 58.7 Å². The van der Waals surface area contributed by atoms with E-state index in [0.717, 1.165) is 22.3 Å². The maximum absolute atomic E-state index is 5.24. The van der Waals surface area contributed by atoms with Gasteiger partial charge in [0.1, 0.15) is 5.75 Å². The lowest BCUT2D eigenvalue weighted by molar-refractivity contribution is 0.415. The van der Waals surface area contributed by atoms with Crippen molar-refractivity contribution in [3.05, 3.63) is 96.1 Å². The van der Waals surface area contributed by atoms with Gasteiger partial charge in [-0.3, -0.25) is 0 Å². The normalized spacial score (nSPS) is 11.0. The first-order valence-electron chi connectivity index (χ1n) is 9.06. The van der Waals surface area contributed by atoms with Crippen LogP contribution < -0.4 is 4.74 Å². The summed E-state index contributed by atoms with van der Waals surface area (Å²) < 4.78 is 7.29. The van der Waals surface area contributed by atoms with Crippen LogP contribution in [0.15, 0.2) is 90.1 Å². The quantitative estimate of drug-likeness (QED) is 0.417. The van der Waals surface area contributed by atoms with Gasteiger partial charge < -0.3 is 9.30 Å². The van der Waals surface area contributed by atoms with Gasteiger partial charge in [-0.05, 0) is 35.4 Å². The van der Waals surface area contributed by atoms with Gasteiger partial charge in [-0.1, -0.05) is 72.4 Å². The fourth-order valence-electron chi connectivity index (χ4n) is 3.10. The van der Waals surface area contributed by atoms with Gasteiger partial charge in [-0.25, -0.2) is 0 Å². The Bertz CT molecular complexity index is 991. The van der Waals surface area contributed by atoms with Crippen LogP contribution >= 0.6 is 11.8 Å². The molecule has 0 N–H and O–H groups in total. The number of nitrogens with zero attached hydrogens (tertiary/aromatic N) is 3. The van der Waals surface area contributed by atoms with E-state index in [1.165, 1.54) is 11.1 Å². The van der Waals surface area contributed by atoms with Crippen LogP contribution in [0, 0.1) is 0 Å². The fourth-order valence-corrected chi connectivity index (χ4v) is 4.23. The lowest BCUT2D eigenvalue weighted by Gasteiger charge is -2.17. The highest BCUT2D eigenvalue weighted by atomic mass is 32.2. The highest BCUT2D eigenvalue weighted by molar-refractivity contribution is 7.99. The van der Waals surface area contributed by atoms with Crippen molar-refractivity contribution in [2.24, 2.45) is 7.05 Å². The summed E-state index contributed by atoms with van der Waals surface area (Å²) in [5, 5.41) is 9.93. The molecule has 0 saturated heterocycles. The third kappa shape index (κ3) is 3.80.